The zero-order chi connectivity index (χ0) is 19.5. The molecule has 1 aromatic carbocycles. The lowest BCUT2D eigenvalue weighted by atomic mass is 9.64. The number of fused-ring (bicyclic) bond motifs is 2. The molecule has 3 heterocycles. The van der Waals surface area contributed by atoms with E-state index in [1.807, 2.05) is 50.5 Å². The number of benzene rings is 1. The molecule has 1 aromatic heterocycles. The molecule has 2 aliphatic heterocycles. The highest BCUT2D eigenvalue weighted by Gasteiger charge is 2.66. The van der Waals surface area contributed by atoms with E-state index in [9.17, 15) is 10.2 Å². The van der Waals surface area contributed by atoms with E-state index in [-0.39, 0.29) is 30.6 Å². The lowest BCUT2D eigenvalue weighted by Gasteiger charge is -2.46. The molecule has 1 spiro atoms. The van der Waals surface area contributed by atoms with Crippen LogP contribution in [0.4, 0.5) is 0 Å². The Balaban J connectivity index is 1.56. The summed E-state index contributed by atoms with van der Waals surface area (Å²) < 4.78 is 17.9. The Hall–Kier alpha value is -2.19. The number of nitrogens with zero attached hydrogens (tertiary/aromatic N) is 2. The molecule has 7 nitrogen and oxygen atoms in total. The summed E-state index contributed by atoms with van der Waals surface area (Å²) in [6, 6.07) is 9.65. The molecule has 28 heavy (non-hydrogen) atoms. The minimum Gasteiger partial charge on any atom is -0.470 e. The Morgan fingerprint density at radius 3 is 2.79 bits per heavy atom. The van der Waals surface area contributed by atoms with Crippen molar-refractivity contribution in [2.24, 2.45) is 5.92 Å². The first-order valence-electron chi connectivity index (χ1n) is 9.56. The number of aromatic nitrogens is 1. The number of hydrogen-bond donors (Lipinski definition) is 2. The fourth-order valence-electron chi connectivity index (χ4n) is 5.15. The van der Waals surface area contributed by atoms with Crippen LogP contribution < -0.4 is 4.74 Å². The molecule has 5 atom stereocenters. The van der Waals surface area contributed by atoms with Crippen LogP contribution in [0.2, 0.25) is 0 Å². The molecule has 1 saturated heterocycles. The van der Waals surface area contributed by atoms with Gasteiger partial charge in [0.2, 0.25) is 0 Å². The minimum atomic E-state index is -1.01. The summed E-state index contributed by atoms with van der Waals surface area (Å²) in [4.78, 5) is 2.06. The van der Waals surface area contributed by atoms with Gasteiger partial charge in [0.05, 0.1) is 24.3 Å². The van der Waals surface area contributed by atoms with Crippen LogP contribution in [0.15, 0.2) is 46.5 Å². The molecule has 148 valence electrons. The van der Waals surface area contributed by atoms with Crippen LogP contribution in [-0.2, 0) is 11.3 Å². The van der Waals surface area contributed by atoms with Gasteiger partial charge in [-0.05, 0) is 36.8 Å². The third kappa shape index (κ3) is 2.34. The van der Waals surface area contributed by atoms with E-state index in [1.165, 1.54) is 0 Å². The van der Waals surface area contributed by atoms with E-state index in [0.717, 1.165) is 17.6 Å². The largest absolute Gasteiger partial charge is 0.470 e. The van der Waals surface area contributed by atoms with Crippen LogP contribution >= 0.6 is 0 Å². The highest BCUT2D eigenvalue weighted by atomic mass is 16.6. The maximum absolute atomic E-state index is 11.4. The summed E-state index contributed by atoms with van der Waals surface area (Å²) in [7, 11) is 3.95. The van der Waals surface area contributed by atoms with Gasteiger partial charge in [-0.15, -0.1) is 0 Å². The van der Waals surface area contributed by atoms with E-state index in [2.05, 4.69) is 10.1 Å². The first-order chi connectivity index (χ1) is 13.6. The number of hydrogen-bond acceptors (Lipinski definition) is 7. The highest BCUT2D eigenvalue weighted by Crippen LogP contribution is 2.63. The average Bonchev–Trinajstić information content (AvgIpc) is 3.38. The molecule has 2 N–H and O–H groups in total. The van der Waals surface area contributed by atoms with E-state index >= 15 is 0 Å². The molecule has 0 amide bonds. The monoisotopic (exact) mass is 384 g/mol. The molecule has 2 bridgehead atoms. The minimum absolute atomic E-state index is 0.0305. The van der Waals surface area contributed by atoms with E-state index in [1.54, 1.807) is 0 Å². The zero-order valence-corrected chi connectivity index (χ0v) is 15.9. The second-order valence-corrected chi connectivity index (χ2v) is 7.99. The second kappa shape index (κ2) is 6.42. The molecule has 3 aliphatic rings. The van der Waals surface area contributed by atoms with Gasteiger partial charge in [0, 0.05) is 5.92 Å². The Morgan fingerprint density at radius 2 is 2.07 bits per heavy atom. The van der Waals surface area contributed by atoms with Gasteiger partial charge in [-0.3, -0.25) is 4.90 Å². The van der Waals surface area contributed by atoms with Gasteiger partial charge in [0.1, 0.15) is 18.3 Å². The van der Waals surface area contributed by atoms with Gasteiger partial charge in [0.15, 0.2) is 5.76 Å². The third-order valence-electron chi connectivity index (χ3n) is 6.27. The first kappa shape index (κ1) is 17.9. The van der Waals surface area contributed by atoms with Gasteiger partial charge >= 0.3 is 0 Å². The number of aliphatic hydroxyl groups is 2. The summed E-state index contributed by atoms with van der Waals surface area (Å²) in [5, 5.41) is 25.5. The average molecular weight is 384 g/mol. The Kier molecular flexibility index (Phi) is 4.10. The van der Waals surface area contributed by atoms with Crippen molar-refractivity contribution in [2.45, 2.75) is 36.9 Å². The van der Waals surface area contributed by atoms with Crippen LogP contribution in [0.5, 0.6) is 5.88 Å². The van der Waals surface area contributed by atoms with Crippen LogP contribution in [0.1, 0.15) is 35.5 Å². The van der Waals surface area contributed by atoms with E-state index < -0.39 is 11.7 Å². The smallest absolute Gasteiger partial charge is 0.260 e. The third-order valence-corrected chi connectivity index (χ3v) is 6.27. The fourth-order valence-corrected chi connectivity index (χ4v) is 5.15. The fraction of sp³-hybridized carbons (Fsp3) is 0.476. The summed E-state index contributed by atoms with van der Waals surface area (Å²) in [6.45, 7) is 0.173. The Morgan fingerprint density at radius 1 is 1.29 bits per heavy atom. The molecule has 3 unspecified atom stereocenters. The Bertz CT molecular complexity index is 909. The van der Waals surface area contributed by atoms with Crippen molar-refractivity contribution in [1.82, 2.24) is 10.1 Å². The maximum Gasteiger partial charge on any atom is 0.260 e. The van der Waals surface area contributed by atoms with Crippen molar-refractivity contribution in [1.29, 1.82) is 0 Å². The lowest BCUT2D eigenvalue weighted by Crippen LogP contribution is -2.52. The summed E-state index contributed by atoms with van der Waals surface area (Å²) in [5.41, 5.74) is 1.29. The van der Waals surface area contributed by atoms with Gasteiger partial charge in [-0.25, -0.2) is 0 Å². The summed E-state index contributed by atoms with van der Waals surface area (Å²) in [6.07, 6.45) is 1.60. The maximum atomic E-state index is 11.4. The topological polar surface area (TPSA) is 88.2 Å². The lowest BCUT2D eigenvalue weighted by molar-refractivity contribution is -0.116. The van der Waals surface area contributed by atoms with Gasteiger partial charge in [-0.1, -0.05) is 36.4 Å². The second-order valence-electron chi connectivity index (χ2n) is 7.99. The van der Waals surface area contributed by atoms with Crippen molar-refractivity contribution in [3.8, 4) is 5.88 Å². The van der Waals surface area contributed by atoms with Crippen molar-refractivity contribution in [2.75, 3.05) is 20.7 Å². The molecule has 0 radical (unpaired) electrons. The van der Waals surface area contributed by atoms with Crippen LogP contribution in [0, 0.1) is 5.92 Å². The highest BCUT2D eigenvalue weighted by molar-refractivity contribution is 5.47. The predicted octanol–water partition coefficient (Wildman–Crippen LogP) is 1.98. The van der Waals surface area contributed by atoms with Crippen LogP contribution in [0.3, 0.4) is 0 Å². The summed E-state index contributed by atoms with van der Waals surface area (Å²) in [5.74, 6) is 0.865. The van der Waals surface area contributed by atoms with Gasteiger partial charge in [0.25, 0.3) is 5.88 Å². The van der Waals surface area contributed by atoms with Crippen LogP contribution in [0.25, 0.3) is 0 Å². The first-order valence-corrected chi connectivity index (χ1v) is 9.56. The molecular formula is C21H24N2O5. The quantitative estimate of drug-likeness (QED) is 0.762. The van der Waals surface area contributed by atoms with Crippen molar-refractivity contribution in [3.05, 3.63) is 58.9 Å². The molecule has 5 rings (SSSR count). The SMILES string of the molecule is CN(C)[C@@H]1c2onc(OCc3ccccc3)c2C(O)C23OC(C=C2CO)C[C@@H]13. The molecule has 1 fully saturated rings. The molecular weight excluding hydrogens is 360 g/mol. The molecule has 2 aromatic rings. The van der Waals surface area contributed by atoms with E-state index in [4.69, 9.17) is 14.0 Å². The van der Waals surface area contributed by atoms with E-state index in [0.29, 0.717) is 17.9 Å². The number of ether oxygens (including phenoxy) is 2. The number of rotatable bonds is 5. The van der Waals surface area contributed by atoms with Gasteiger partial charge in [-0.2, -0.15) is 0 Å². The normalized spacial score (nSPS) is 33.0. The molecule has 0 saturated carbocycles. The molecule has 7 heteroatoms. The summed E-state index contributed by atoms with van der Waals surface area (Å²) >= 11 is 0. The zero-order valence-electron chi connectivity index (χ0n) is 15.9. The standard InChI is InChI=1S/C21H24N2O5/c1-23(2)17-15-9-14-8-13(10-24)21(15,27-14)19(25)16-18(17)28-22-20(16)26-11-12-6-4-3-5-7-12/h3-8,14-15,17,19,24-25H,9-11H2,1-2H3/t14?,15-,17-,19?,21?/m0/s1. The van der Waals surface area contributed by atoms with Crippen LogP contribution in [-0.4, -0.2) is 52.7 Å². The predicted molar refractivity (Wildman–Crippen MR) is 99.5 cm³/mol. The van der Waals surface area contributed by atoms with Crippen molar-refractivity contribution >= 4 is 0 Å². The molecule has 1 aliphatic carbocycles. The number of aliphatic hydroxyl groups excluding tert-OH is 2. The van der Waals surface area contributed by atoms with Crippen molar-refractivity contribution in [3.63, 3.8) is 0 Å². The Labute approximate surface area is 163 Å². The van der Waals surface area contributed by atoms with Crippen molar-refractivity contribution < 1.29 is 24.2 Å². The van der Waals surface area contributed by atoms with Gasteiger partial charge < -0.3 is 24.2 Å².